The number of phenolic OH excluding ortho intramolecular Hbond substituents is 1. The first kappa shape index (κ1) is 18.4. The average Bonchev–Trinajstić information content (AvgIpc) is 2.57. The number of hydrogen-bond donors (Lipinski definition) is 2. The van der Waals surface area contributed by atoms with Gasteiger partial charge in [-0.1, -0.05) is 24.3 Å². The molecule has 1 unspecified atom stereocenters. The number of methoxy groups -OCH3 is 1. The van der Waals surface area contributed by atoms with Crippen LogP contribution in [-0.4, -0.2) is 24.1 Å². The number of amides is 1. The first-order chi connectivity index (χ1) is 11.8. The number of hydrogen-bond acceptors (Lipinski definition) is 4. The molecule has 0 saturated heterocycles. The molecule has 0 saturated carbocycles. The van der Waals surface area contributed by atoms with Crippen LogP contribution in [0.15, 0.2) is 42.5 Å². The van der Waals surface area contributed by atoms with Gasteiger partial charge in [0.2, 0.25) is 0 Å². The Morgan fingerprint density at radius 3 is 2.56 bits per heavy atom. The summed E-state index contributed by atoms with van der Waals surface area (Å²) in [4.78, 5) is 24.5. The van der Waals surface area contributed by atoms with Gasteiger partial charge >= 0.3 is 5.97 Å². The van der Waals surface area contributed by atoms with Crippen molar-refractivity contribution >= 4 is 11.9 Å². The third-order valence-corrected chi connectivity index (χ3v) is 4.05. The summed E-state index contributed by atoms with van der Waals surface area (Å²) < 4.78 is 19.0. The first-order valence-corrected chi connectivity index (χ1v) is 7.71. The Hall–Kier alpha value is -2.89. The molecule has 0 heterocycles. The number of halogens is 1. The molecule has 2 aromatic carbocycles. The van der Waals surface area contributed by atoms with Crippen molar-refractivity contribution in [2.24, 2.45) is 0 Å². The fraction of sp³-hybridized carbons (Fsp3) is 0.263. The van der Waals surface area contributed by atoms with Crippen molar-refractivity contribution in [2.45, 2.75) is 25.8 Å². The van der Waals surface area contributed by atoms with E-state index in [1.54, 1.807) is 26.0 Å². The van der Waals surface area contributed by atoms with Crippen LogP contribution in [0.4, 0.5) is 4.39 Å². The van der Waals surface area contributed by atoms with Crippen molar-refractivity contribution in [3.8, 4) is 5.75 Å². The van der Waals surface area contributed by atoms with Crippen LogP contribution in [0.5, 0.6) is 5.75 Å². The Balaban J connectivity index is 2.43. The summed E-state index contributed by atoms with van der Waals surface area (Å²) in [5.41, 5.74) is -0.254. The van der Waals surface area contributed by atoms with E-state index in [-0.39, 0.29) is 23.3 Å². The van der Waals surface area contributed by atoms with Crippen molar-refractivity contribution < 1.29 is 23.8 Å². The quantitative estimate of drug-likeness (QED) is 0.817. The summed E-state index contributed by atoms with van der Waals surface area (Å²) in [6.45, 7) is 3.27. The highest BCUT2D eigenvalue weighted by Crippen LogP contribution is 2.29. The number of rotatable bonds is 5. The third-order valence-electron chi connectivity index (χ3n) is 4.05. The highest BCUT2D eigenvalue weighted by atomic mass is 19.1. The van der Waals surface area contributed by atoms with Crippen LogP contribution in [-0.2, 0) is 15.1 Å². The average molecular weight is 345 g/mol. The van der Waals surface area contributed by atoms with E-state index >= 15 is 0 Å². The van der Waals surface area contributed by atoms with Crippen molar-refractivity contribution in [1.82, 2.24) is 5.32 Å². The van der Waals surface area contributed by atoms with Crippen molar-refractivity contribution in [3.63, 3.8) is 0 Å². The molecule has 1 amide bonds. The van der Waals surface area contributed by atoms with Crippen molar-refractivity contribution in [1.29, 1.82) is 0 Å². The Kier molecular flexibility index (Phi) is 5.41. The van der Waals surface area contributed by atoms with Crippen LogP contribution < -0.4 is 5.32 Å². The predicted molar refractivity (Wildman–Crippen MR) is 90.7 cm³/mol. The monoisotopic (exact) mass is 345 g/mol. The molecule has 1 atom stereocenters. The number of aromatic hydroxyl groups is 1. The second-order valence-corrected chi connectivity index (χ2v) is 6.02. The van der Waals surface area contributed by atoms with Gasteiger partial charge in [-0.3, -0.25) is 9.59 Å². The molecule has 25 heavy (non-hydrogen) atoms. The van der Waals surface area contributed by atoms with E-state index < -0.39 is 23.2 Å². The zero-order chi connectivity index (χ0) is 18.6. The number of benzene rings is 2. The number of esters is 1. The third kappa shape index (κ3) is 4.15. The van der Waals surface area contributed by atoms with Crippen molar-refractivity contribution in [3.05, 3.63) is 65.0 Å². The normalized spacial score (nSPS) is 13.0. The minimum absolute atomic E-state index is 0.0590. The maximum atomic E-state index is 14.3. The maximum Gasteiger partial charge on any atom is 0.308 e. The molecule has 5 nitrogen and oxygen atoms in total. The Morgan fingerprint density at radius 2 is 1.92 bits per heavy atom. The van der Waals surface area contributed by atoms with Crippen LogP contribution in [0, 0.1) is 12.7 Å². The lowest BCUT2D eigenvalue weighted by molar-refractivity contribution is -0.142. The molecule has 0 fully saturated rings. The van der Waals surface area contributed by atoms with Gasteiger partial charge in [-0.15, -0.1) is 0 Å². The summed E-state index contributed by atoms with van der Waals surface area (Å²) in [5.74, 6) is -1.71. The zero-order valence-electron chi connectivity index (χ0n) is 14.3. The van der Waals surface area contributed by atoms with Gasteiger partial charge in [0.15, 0.2) is 0 Å². The molecule has 0 aliphatic heterocycles. The van der Waals surface area contributed by atoms with Gasteiger partial charge in [-0.05, 0) is 37.6 Å². The summed E-state index contributed by atoms with van der Waals surface area (Å²) in [7, 11) is 1.23. The molecule has 0 aliphatic carbocycles. The summed E-state index contributed by atoms with van der Waals surface area (Å²) in [6.07, 6.45) is -0.242. The first-order valence-electron chi connectivity index (χ1n) is 7.71. The van der Waals surface area contributed by atoms with E-state index in [1.165, 1.54) is 37.4 Å². The molecule has 6 heteroatoms. The Bertz CT molecular complexity index is 806. The number of aryl methyl sites for hydroxylation is 1. The van der Waals surface area contributed by atoms with Crippen LogP contribution in [0.1, 0.15) is 34.8 Å². The van der Waals surface area contributed by atoms with Gasteiger partial charge in [0.1, 0.15) is 11.6 Å². The van der Waals surface area contributed by atoms with Crippen LogP contribution in [0.3, 0.4) is 0 Å². The van der Waals surface area contributed by atoms with Crippen molar-refractivity contribution in [2.75, 3.05) is 7.11 Å². The second-order valence-electron chi connectivity index (χ2n) is 6.02. The minimum atomic E-state index is -1.31. The molecule has 0 radical (unpaired) electrons. The standard InChI is InChI=1S/C19H20FNO4/c1-12-8-9-13(22)10-14(12)18(24)21-19(2,11-17(23)25-3)15-6-4-5-7-16(15)20/h4-10,22H,11H2,1-3H3,(H,21,24). The zero-order valence-corrected chi connectivity index (χ0v) is 14.3. The highest BCUT2D eigenvalue weighted by Gasteiger charge is 2.34. The lowest BCUT2D eigenvalue weighted by atomic mass is 9.87. The topological polar surface area (TPSA) is 75.6 Å². The number of phenols is 1. The summed E-state index contributed by atoms with van der Waals surface area (Å²) in [6, 6.07) is 10.3. The van der Waals surface area contributed by atoms with E-state index in [9.17, 15) is 19.1 Å². The summed E-state index contributed by atoms with van der Waals surface area (Å²) in [5, 5.41) is 12.3. The second kappa shape index (κ2) is 7.34. The number of carbonyl (C=O) groups is 2. The SMILES string of the molecule is COC(=O)CC(C)(NC(=O)c1cc(O)ccc1C)c1ccccc1F. The maximum absolute atomic E-state index is 14.3. The van der Waals surface area contributed by atoms with Gasteiger partial charge in [-0.2, -0.15) is 0 Å². The molecular formula is C19H20FNO4. The highest BCUT2D eigenvalue weighted by molar-refractivity contribution is 5.96. The smallest absolute Gasteiger partial charge is 0.308 e. The molecule has 2 N–H and O–H groups in total. The van der Waals surface area contributed by atoms with Gasteiger partial charge in [0.25, 0.3) is 5.91 Å². The molecule has 0 bridgehead atoms. The number of nitrogens with one attached hydrogen (secondary N) is 1. The van der Waals surface area contributed by atoms with Gasteiger partial charge < -0.3 is 15.2 Å². The van der Waals surface area contributed by atoms with E-state index in [1.807, 2.05) is 0 Å². The molecule has 0 aromatic heterocycles. The molecule has 132 valence electrons. The van der Waals surface area contributed by atoms with Gasteiger partial charge in [-0.25, -0.2) is 4.39 Å². The van der Waals surface area contributed by atoms with E-state index in [0.29, 0.717) is 5.56 Å². The molecular weight excluding hydrogens is 325 g/mol. The van der Waals surface area contributed by atoms with E-state index in [4.69, 9.17) is 0 Å². The predicted octanol–water partition coefficient (Wildman–Crippen LogP) is 3.05. The van der Waals surface area contributed by atoms with Crippen LogP contribution in [0.2, 0.25) is 0 Å². The van der Waals surface area contributed by atoms with Crippen LogP contribution in [0.25, 0.3) is 0 Å². The lowest BCUT2D eigenvalue weighted by Gasteiger charge is -2.31. The largest absolute Gasteiger partial charge is 0.508 e. The fourth-order valence-electron chi connectivity index (χ4n) is 2.65. The fourth-order valence-corrected chi connectivity index (χ4v) is 2.65. The Morgan fingerprint density at radius 1 is 1.24 bits per heavy atom. The van der Waals surface area contributed by atoms with Gasteiger partial charge in [0, 0.05) is 11.1 Å². The number of ether oxygens (including phenoxy) is 1. The summed E-state index contributed by atoms with van der Waals surface area (Å²) >= 11 is 0. The molecule has 2 rings (SSSR count). The lowest BCUT2D eigenvalue weighted by Crippen LogP contribution is -2.46. The Labute approximate surface area is 145 Å². The van der Waals surface area contributed by atoms with Gasteiger partial charge in [0.05, 0.1) is 19.1 Å². The van der Waals surface area contributed by atoms with E-state index in [0.717, 1.165) is 0 Å². The molecule has 0 aliphatic rings. The molecule has 0 spiro atoms. The van der Waals surface area contributed by atoms with E-state index in [2.05, 4.69) is 10.1 Å². The van der Waals surface area contributed by atoms with Crippen LogP contribution >= 0.6 is 0 Å². The minimum Gasteiger partial charge on any atom is -0.508 e. The molecule has 2 aromatic rings. The number of carbonyl (C=O) groups excluding carboxylic acids is 2.